The van der Waals surface area contributed by atoms with E-state index in [2.05, 4.69) is 15.6 Å². The first-order chi connectivity index (χ1) is 13.7. The molecule has 0 radical (unpaired) electrons. The van der Waals surface area contributed by atoms with Gasteiger partial charge in [0.25, 0.3) is 0 Å². The zero-order valence-corrected chi connectivity index (χ0v) is 19.6. The molecule has 8 heteroatoms. The fraction of sp³-hybridized carbons (Fsp3) is 0.619. The summed E-state index contributed by atoms with van der Waals surface area (Å²) < 4.78 is 18.4. The van der Waals surface area contributed by atoms with Gasteiger partial charge in [0.2, 0.25) is 5.91 Å². The molecule has 2 rings (SSSR count). The Morgan fingerprint density at radius 1 is 1.17 bits per heavy atom. The van der Waals surface area contributed by atoms with E-state index in [0.717, 1.165) is 64.2 Å². The van der Waals surface area contributed by atoms with Crippen LogP contribution in [-0.4, -0.2) is 56.1 Å². The van der Waals surface area contributed by atoms with E-state index in [9.17, 15) is 9.18 Å². The van der Waals surface area contributed by atoms with Gasteiger partial charge in [-0.1, -0.05) is 6.42 Å². The standard InChI is InChI=1S/C21H33FN4O2.HI/c1-2-23-21(24-13-6-16-26-15-5-3-4-8-20(26)27)25-14-7-17-28-19-11-9-18(22)10-12-19;/h9-12H,2-8,13-17H2,1H3,(H2,23,24,25);1H. The molecule has 1 fully saturated rings. The molecule has 0 aliphatic carbocycles. The molecule has 1 aliphatic rings. The summed E-state index contributed by atoms with van der Waals surface area (Å²) in [7, 11) is 0. The number of likely N-dealkylation sites (tertiary alicyclic amines) is 1. The predicted octanol–water partition coefficient (Wildman–Crippen LogP) is 3.56. The van der Waals surface area contributed by atoms with Crippen LogP contribution in [-0.2, 0) is 4.79 Å². The molecule has 1 aliphatic heterocycles. The second-order valence-corrected chi connectivity index (χ2v) is 6.89. The van der Waals surface area contributed by atoms with Gasteiger partial charge in [-0.05, 0) is 50.5 Å². The van der Waals surface area contributed by atoms with Crippen molar-refractivity contribution in [3.63, 3.8) is 0 Å². The van der Waals surface area contributed by atoms with E-state index < -0.39 is 0 Å². The lowest BCUT2D eigenvalue weighted by Crippen LogP contribution is -2.39. The number of nitrogens with zero attached hydrogens (tertiary/aromatic N) is 2. The van der Waals surface area contributed by atoms with Crippen LogP contribution in [0.25, 0.3) is 0 Å². The van der Waals surface area contributed by atoms with Crippen molar-refractivity contribution in [2.45, 2.75) is 45.4 Å². The van der Waals surface area contributed by atoms with Crippen molar-refractivity contribution in [2.24, 2.45) is 4.99 Å². The highest BCUT2D eigenvalue weighted by molar-refractivity contribution is 14.0. The highest BCUT2D eigenvalue weighted by Crippen LogP contribution is 2.12. The lowest BCUT2D eigenvalue weighted by atomic mass is 10.2. The molecule has 0 aromatic heterocycles. The molecule has 1 saturated heterocycles. The number of halogens is 2. The van der Waals surface area contributed by atoms with Crippen molar-refractivity contribution in [3.8, 4) is 5.75 Å². The molecular formula is C21H34FIN4O2. The zero-order valence-electron chi connectivity index (χ0n) is 17.3. The number of nitrogens with one attached hydrogen (secondary N) is 2. The predicted molar refractivity (Wildman–Crippen MR) is 126 cm³/mol. The second-order valence-electron chi connectivity index (χ2n) is 6.89. The minimum atomic E-state index is -0.265. The molecule has 6 nitrogen and oxygen atoms in total. The lowest BCUT2D eigenvalue weighted by molar-refractivity contribution is -0.130. The van der Waals surface area contributed by atoms with Gasteiger partial charge in [-0.25, -0.2) is 4.39 Å². The summed E-state index contributed by atoms with van der Waals surface area (Å²) in [5.41, 5.74) is 0. The minimum Gasteiger partial charge on any atom is -0.494 e. The summed E-state index contributed by atoms with van der Waals surface area (Å²) >= 11 is 0. The minimum absolute atomic E-state index is 0. The van der Waals surface area contributed by atoms with Crippen LogP contribution in [0.5, 0.6) is 5.75 Å². The first-order valence-corrected chi connectivity index (χ1v) is 10.4. The van der Waals surface area contributed by atoms with Crippen molar-refractivity contribution in [1.29, 1.82) is 0 Å². The average molecular weight is 520 g/mol. The van der Waals surface area contributed by atoms with Crippen LogP contribution < -0.4 is 15.4 Å². The van der Waals surface area contributed by atoms with Gasteiger partial charge in [-0.15, -0.1) is 24.0 Å². The van der Waals surface area contributed by atoms with E-state index in [4.69, 9.17) is 4.74 Å². The van der Waals surface area contributed by atoms with Crippen molar-refractivity contribution in [1.82, 2.24) is 15.5 Å². The Bertz CT molecular complexity index is 613. The van der Waals surface area contributed by atoms with Crippen LogP contribution in [0.15, 0.2) is 29.3 Å². The quantitative estimate of drug-likeness (QED) is 0.214. The van der Waals surface area contributed by atoms with Crippen LogP contribution in [0.1, 0.15) is 45.4 Å². The summed E-state index contributed by atoms with van der Waals surface area (Å²) in [5, 5.41) is 6.55. The summed E-state index contributed by atoms with van der Waals surface area (Å²) in [5.74, 6) is 1.47. The molecule has 0 bridgehead atoms. The van der Waals surface area contributed by atoms with E-state index in [1.807, 2.05) is 11.8 Å². The van der Waals surface area contributed by atoms with Crippen molar-refractivity contribution in [3.05, 3.63) is 30.1 Å². The first-order valence-electron chi connectivity index (χ1n) is 10.4. The highest BCUT2D eigenvalue weighted by Gasteiger charge is 2.15. The molecule has 0 saturated carbocycles. The maximum Gasteiger partial charge on any atom is 0.222 e. The van der Waals surface area contributed by atoms with Crippen LogP contribution in [0.3, 0.4) is 0 Å². The maximum absolute atomic E-state index is 12.9. The third kappa shape index (κ3) is 10.7. The Balaban J connectivity index is 0.00000420. The number of aliphatic imine (C=N–C) groups is 1. The largest absolute Gasteiger partial charge is 0.494 e. The average Bonchev–Trinajstić information content (AvgIpc) is 2.90. The Morgan fingerprint density at radius 2 is 1.97 bits per heavy atom. The SMILES string of the molecule is CCNC(=NCCCOc1ccc(F)cc1)NCCCN1CCCCCC1=O.I. The zero-order chi connectivity index (χ0) is 20.0. The molecule has 1 aromatic rings. The van der Waals surface area contributed by atoms with Gasteiger partial charge in [0.05, 0.1) is 6.61 Å². The molecule has 1 aromatic carbocycles. The maximum atomic E-state index is 12.9. The number of hydrogen-bond acceptors (Lipinski definition) is 3. The van der Waals surface area contributed by atoms with Gasteiger partial charge >= 0.3 is 0 Å². The number of carbonyl (C=O) groups excluding carboxylic acids is 1. The van der Waals surface area contributed by atoms with Crippen LogP contribution in [0.2, 0.25) is 0 Å². The van der Waals surface area contributed by atoms with Gasteiger partial charge in [-0.3, -0.25) is 9.79 Å². The number of guanidine groups is 1. The van der Waals surface area contributed by atoms with Crippen molar-refractivity contribution >= 4 is 35.8 Å². The molecule has 1 amide bonds. The van der Waals surface area contributed by atoms with Crippen LogP contribution in [0.4, 0.5) is 4.39 Å². The number of amides is 1. The van der Waals surface area contributed by atoms with E-state index >= 15 is 0 Å². The summed E-state index contributed by atoms with van der Waals surface area (Å²) in [6.45, 7) is 6.47. The van der Waals surface area contributed by atoms with Crippen molar-refractivity contribution < 1.29 is 13.9 Å². The topological polar surface area (TPSA) is 66.0 Å². The number of rotatable bonds is 10. The fourth-order valence-electron chi connectivity index (χ4n) is 3.07. The number of benzene rings is 1. The third-order valence-electron chi connectivity index (χ3n) is 4.57. The Labute approximate surface area is 190 Å². The first kappa shape index (κ1) is 25.5. The van der Waals surface area contributed by atoms with Crippen LogP contribution >= 0.6 is 24.0 Å². The highest BCUT2D eigenvalue weighted by atomic mass is 127. The molecule has 29 heavy (non-hydrogen) atoms. The van der Waals surface area contributed by atoms with Gasteiger partial charge in [0.15, 0.2) is 5.96 Å². The number of carbonyl (C=O) groups is 1. The third-order valence-corrected chi connectivity index (χ3v) is 4.57. The molecular weight excluding hydrogens is 486 g/mol. The number of hydrogen-bond donors (Lipinski definition) is 2. The fourth-order valence-corrected chi connectivity index (χ4v) is 3.07. The molecule has 1 heterocycles. The smallest absolute Gasteiger partial charge is 0.222 e. The molecule has 0 atom stereocenters. The Morgan fingerprint density at radius 3 is 2.72 bits per heavy atom. The Hall–Kier alpha value is -1.58. The van der Waals surface area contributed by atoms with E-state index in [1.54, 1.807) is 12.1 Å². The van der Waals surface area contributed by atoms with Crippen molar-refractivity contribution in [2.75, 3.05) is 39.3 Å². The summed E-state index contributed by atoms with van der Waals surface area (Å²) in [4.78, 5) is 18.5. The van der Waals surface area contributed by atoms with Gasteiger partial charge < -0.3 is 20.3 Å². The van der Waals surface area contributed by atoms with Gasteiger partial charge in [0.1, 0.15) is 11.6 Å². The van der Waals surface area contributed by atoms with Crippen LogP contribution in [0, 0.1) is 5.82 Å². The second kappa shape index (κ2) is 15.3. The number of ether oxygens (including phenoxy) is 1. The Kier molecular flexibility index (Phi) is 13.4. The lowest BCUT2D eigenvalue weighted by Gasteiger charge is -2.20. The molecule has 164 valence electrons. The van der Waals surface area contributed by atoms with Gasteiger partial charge in [0, 0.05) is 45.6 Å². The summed E-state index contributed by atoms with van der Waals surface area (Å²) in [6, 6.07) is 6.03. The van der Waals surface area contributed by atoms with E-state index in [-0.39, 0.29) is 29.8 Å². The molecule has 0 unspecified atom stereocenters. The molecule has 2 N–H and O–H groups in total. The van der Waals surface area contributed by atoms with E-state index in [0.29, 0.717) is 31.2 Å². The normalized spacial score (nSPS) is 14.8. The van der Waals surface area contributed by atoms with E-state index in [1.165, 1.54) is 12.1 Å². The summed E-state index contributed by atoms with van der Waals surface area (Å²) in [6.07, 6.45) is 5.67. The molecule has 0 spiro atoms. The van der Waals surface area contributed by atoms with Gasteiger partial charge in [-0.2, -0.15) is 0 Å². The monoisotopic (exact) mass is 520 g/mol.